The quantitative estimate of drug-likeness (QED) is 0.759. The van der Waals surface area contributed by atoms with Gasteiger partial charge in [0.15, 0.2) is 0 Å². The summed E-state index contributed by atoms with van der Waals surface area (Å²) in [5, 5.41) is 5.11. The second-order valence-electron chi connectivity index (χ2n) is 5.63. The summed E-state index contributed by atoms with van der Waals surface area (Å²) >= 11 is 5.81. The fourth-order valence-electron chi connectivity index (χ4n) is 2.56. The van der Waals surface area contributed by atoms with Gasteiger partial charge in [-0.2, -0.15) is 13.2 Å². The van der Waals surface area contributed by atoms with Crippen molar-refractivity contribution in [3.05, 3.63) is 34.1 Å². The van der Waals surface area contributed by atoms with Crippen LogP contribution in [0.25, 0.3) is 0 Å². The van der Waals surface area contributed by atoms with Crippen LogP contribution in [0.15, 0.2) is 12.1 Å². The molecule has 4 nitrogen and oxygen atoms in total. The standard InChI is InChI=1S/C15H18ClF4N3O.ClH/c1-9-6-10(11(16)7-12(9)17)14(24)22-8-13(15(18,19)20)23-4-2-21-3-5-23;/h6-7,13,21H,2-5,8H2,1H3,(H,22,24);1H. The van der Waals surface area contributed by atoms with Gasteiger partial charge < -0.3 is 10.6 Å². The maximum atomic E-state index is 13.4. The number of piperazine rings is 1. The number of carbonyl (C=O) groups is 1. The molecule has 1 aliphatic rings. The Kier molecular flexibility index (Phi) is 7.92. The van der Waals surface area contributed by atoms with Crippen molar-refractivity contribution in [3.63, 3.8) is 0 Å². The van der Waals surface area contributed by atoms with Gasteiger partial charge in [0.25, 0.3) is 5.91 Å². The second kappa shape index (κ2) is 9.02. The molecule has 1 heterocycles. The first kappa shape index (κ1) is 22.0. The van der Waals surface area contributed by atoms with Crippen LogP contribution in [0.4, 0.5) is 17.6 Å². The van der Waals surface area contributed by atoms with Crippen LogP contribution >= 0.6 is 24.0 Å². The van der Waals surface area contributed by atoms with Crippen molar-refractivity contribution in [1.29, 1.82) is 0 Å². The number of benzene rings is 1. The maximum Gasteiger partial charge on any atom is 0.405 e. The molecular weight excluding hydrogens is 385 g/mol. The largest absolute Gasteiger partial charge is 0.405 e. The van der Waals surface area contributed by atoms with Crippen LogP contribution in [0.1, 0.15) is 15.9 Å². The number of nitrogens with one attached hydrogen (secondary N) is 2. The fourth-order valence-corrected chi connectivity index (χ4v) is 2.80. The van der Waals surface area contributed by atoms with E-state index < -0.39 is 30.5 Å². The molecule has 1 unspecified atom stereocenters. The summed E-state index contributed by atoms with van der Waals surface area (Å²) < 4.78 is 53.2. The molecule has 1 aliphatic heterocycles. The molecule has 1 saturated heterocycles. The minimum absolute atomic E-state index is 0. The van der Waals surface area contributed by atoms with Crippen LogP contribution in [0.3, 0.4) is 0 Å². The van der Waals surface area contributed by atoms with Crippen molar-refractivity contribution in [1.82, 2.24) is 15.5 Å². The predicted molar refractivity (Wildman–Crippen MR) is 90.0 cm³/mol. The van der Waals surface area contributed by atoms with E-state index in [4.69, 9.17) is 11.6 Å². The monoisotopic (exact) mass is 403 g/mol. The molecule has 1 fully saturated rings. The molecule has 10 heteroatoms. The number of carbonyl (C=O) groups excluding carboxylic acids is 1. The lowest BCUT2D eigenvalue weighted by atomic mass is 10.1. The lowest BCUT2D eigenvalue weighted by molar-refractivity contribution is -0.183. The van der Waals surface area contributed by atoms with Crippen molar-refractivity contribution in [2.45, 2.75) is 19.1 Å². The molecule has 1 amide bonds. The van der Waals surface area contributed by atoms with Gasteiger partial charge in [-0.05, 0) is 24.6 Å². The number of halogens is 6. The number of rotatable bonds is 4. The molecule has 0 radical (unpaired) electrons. The van der Waals surface area contributed by atoms with Gasteiger partial charge in [0.1, 0.15) is 11.9 Å². The first-order valence-electron chi connectivity index (χ1n) is 7.45. The Morgan fingerprint density at radius 3 is 2.52 bits per heavy atom. The lowest BCUT2D eigenvalue weighted by Gasteiger charge is -2.35. The smallest absolute Gasteiger partial charge is 0.350 e. The molecule has 1 atom stereocenters. The number of hydrogen-bond donors (Lipinski definition) is 2. The number of alkyl halides is 3. The van der Waals surface area contributed by atoms with Crippen molar-refractivity contribution in [3.8, 4) is 0 Å². The van der Waals surface area contributed by atoms with E-state index in [2.05, 4.69) is 10.6 Å². The van der Waals surface area contributed by atoms with E-state index in [1.807, 2.05) is 0 Å². The van der Waals surface area contributed by atoms with E-state index in [9.17, 15) is 22.4 Å². The Balaban J connectivity index is 0.00000312. The Morgan fingerprint density at radius 2 is 1.96 bits per heavy atom. The Bertz CT molecular complexity index is 607. The van der Waals surface area contributed by atoms with E-state index in [0.717, 1.165) is 6.07 Å². The van der Waals surface area contributed by atoms with Gasteiger partial charge >= 0.3 is 6.18 Å². The minimum atomic E-state index is -4.47. The highest BCUT2D eigenvalue weighted by molar-refractivity contribution is 6.33. The SMILES string of the molecule is Cc1cc(C(=O)NCC(N2CCNCC2)C(F)(F)F)c(Cl)cc1F.Cl. The van der Waals surface area contributed by atoms with Gasteiger partial charge in [-0.25, -0.2) is 4.39 Å². The van der Waals surface area contributed by atoms with Gasteiger partial charge in [-0.1, -0.05) is 11.6 Å². The van der Waals surface area contributed by atoms with Crippen molar-refractivity contribution >= 4 is 29.9 Å². The topological polar surface area (TPSA) is 44.4 Å². The highest BCUT2D eigenvalue weighted by Crippen LogP contribution is 2.25. The normalized spacial score (nSPS) is 16.9. The van der Waals surface area contributed by atoms with Gasteiger partial charge in [0.2, 0.25) is 0 Å². The van der Waals surface area contributed by atoms with Crippen LogP contribution in [0.2, 0.25) is 5.02 Å². The highest BCUT2D eigenvalue weighted by Gasteiger charge is 2.43. The molecule has 25 heavy (non-hydrogen) atoms. The van der Waals surface area contributed by atoms with E-state index in [0.29, 0.717) is 13.1 Å². The zero-order valence-corrected chi connectivity index (χ0v) is 15.0. The first-order chi connectivity index (χ1) is 11.2. The highest BCUT2D eigenvalue weighted by atomic mass is 35.5. The number of amides is 1. The van der Waals surface area contributed by atoms with Crippen LogP contribution in [0, 0.1) is 12.7 Å². The molecule has 0 saturated carbocycles. The molecule has 2 rings (SSSR count). The van der Waals surface area contributed by atoms with Crippen LogP contribution in [-0.2, 0) is 0 Å². The second-order valence-corrected chi connectivity index (χ2v) is 6.04. The first-order valence-corrected chi connectivity index (χ1v) is 7.83. The van der Waals surface area contributed by atoms with Gasteiger partial charge in [-0.3, -0.25) is 9.69 Å². The number of aryl methyl sites for hydroxylation is 1. The Morgan fingerprint density at radius 1 is 1.36 bits per heavy atom. The summed E-state index contributed by atoms with van der Waals surface area (Å²) in [7, 11) is 0. The fraction of sp³-hybridized carbons (Fsp3) is 0.533. The Labute approximate surface area is 154 Å². The van der Waals surface area contributed by atoms with Crippen molar-refractivity contribution < 1.29 is 22.4 Å². The zero-order valence-electron chi connectivity index (χ0n) is 13.4. The van der Waals surface area contributed by atoms with E-state index in [1.165, 1.54) is 17.9 Å². The maximum absolute atomic E-state index is 13.4. The number of hydrogen-bond acceptors (Lipinski definition) is 3. The zero-order chi connectivity index (χ0) is 17.9. The van der Waals surface area contributed by atoms with Gasteiger partial charge in [0, 0.05) is 32.7 Å². The van der Waals surface area contributed by atoms with E-state index >= 15 is 0 Å². The average molecular weight is 404 g/mol. The summed E-state index contributed by atoms with van der Waals surface area (Å²) in [6, 6.07) is 0.424. The molecule has 0 aromatic heterocycles. The van der Waals surface area contributed by atoms with Crippen molar-refractivity contribution in [2.75, 3.05) is 32.7 Å². The summed E-state index contributed by atoms with van der Waals surface area (Å²) in [5.74, 6) is -1.34. The molecule has 1 aromatic rings. The predicted octanol–water partition coefficient (Wildman–Crippen LogP) is 2.78. The lowest BCUT2D eigenvalue weighted by Crippen LogP contribution is -2.57. The molecule has 142 valence electrons. The third-order valence-corrected chi connectivity index (χ3v) is 4.23. The van der Waals surface area contributed by atoms with Crippen molar-refractivity contribution in [2.24, 2.45) is 0 Å². The summed E-state index contributed by atoms with van der Waals surface area (Å²) in [4.78, 5) is 13.4. The molecule has 2 N–H and O–H groups in total. The minimum Gasteiger partial charge on any atom is -0.350 e. The number of nitrogens with zero attached hydrogens (tertiary/aromatic N) is 1. The molecule has 1 aromatic carbocycles. The van der Waals surface area contributed by atoms with Crippen LogP contribution < -0.4 is 10.6 Å². The van der Waals surface area contributed by atoms with Gasteiger partial charge in [0.05, 0.1) is 10.6 Å². The summed E-state index contributed by atoms with van der Waals surface area (Å²) in [6.07, 6.45) is -4.47. The van der Waals surface area contributed by atoms with E-state index in [-0.39, 0.29) is 41.6 Å². The van der Waals surface area contributed by atoms with Crippen LogP contribution in [-0.4, -0.2) is 55.7 Å². The third-order valence-electron chi connectivity index (χ3n) is 3.92. The summed E-state index contributed by atoms with van der Waals surface area (Å²) in [6.45, 7) is 2.27. The molecular formula is C15H19Cl2F4N3O. The van der Waals surface area contributed by atoms with E-state index in [1.54, 1.807) is 0 Å². The molecule has 0 spiro atoms. The third kappa shape index (κ3) is 5.70. The average Bonchev–Trinajstić information content (AvgIpc) is 2.50. The Hall–Kier alpha value is -1.09. The van der Waals surface area contributed by atoms with Gasteiger partial charge in [-0.15, -0.1) is 12.4 Å². The molecule has 0 aliphatic carbocycles. The molecule has 0 bridgehead atoms. The van der Waals surface area contributed by atoms with Crippen LogP contribution in [0.5, 0.6) is 0 Å². The summed E-state index contributed by atoms with van der Waals surface area (Å²) in [5.41, 5.74) is 0.149.